The standard InChI is InChI=1S/C12H21N3S/c1-9-11(7-13)16-12(14-9)15(2)8-10-5-3-4-6-10/h10H,3-8,13H2,1-2H3. The molecule has 1 saturated carbocycles. The molecule has 0 radical (unpaired) electrons. The van der Waals surface area contributed by atoms with Crippen molar-refractivity contribution in [3.05, 3.63) is 10.6 Å². The van der Waals surface area contributed by atoms with Gasteiger partial charge in [0.2, 0.25) is 0 Å². The molecule has 0 bridgehead atoms. The summed E-state index contributed by atoms with van der Waals surface area (Å²) in [5.41, 5.74) is 6.78. The third kappa shape index (κ3) is 2.55. The average molecular weight is 239 g/mol. The van der Waals surface area contributed by atoms with E-state index in [0.29, 0.717) is 6.54 Å². The van der Waals surface area contributed by atoms with Gasteiger partial charge in [-0.3, -0.25) is 0 Å². The zero-order valence-corrected chi connectivity index (χ0v) is 11.0. The van der Waals surface area contributed by atoms with Crippen LogP contribution >= 0.6 is 11.3 Å². The highest BCUT2D eigenvalue weighted by atomic mass is 32.1. The molecule has 0 atom stereocenters. The molecule has 1 aromatic rings. The fourth-order valence-corrected chi connectivity index (χ4v) is 3.33. The summed E-state index contributed by atoms with van der Waals surface area (Å²) in [6.07, 6.45) is 5.59. The summed E-state index contributed by atoms with van der Waals surface area (Å²) >= 11 is 1.74. The van der Waals surface area contributed by atoms with Gasteiger partial charge in [-0.15, -0.1) is 11.3 Å². The minimum Gasteiger partial charge on any atom is -0.351 e. The van der Waals surface area contributed by atoms with Crippen molar-refractivity contribution in [2.75, 3.05) is 18.5 Å². The Morgan fingerprint density at radius 2 is 2.12 bits per heavy atom. The Balaban J connectivity index is 1.99. The summed E-state index contributed by atoms with van der Waals surface area (Å²) in [5.74, 6) is 0.871. The van der Waals surface area contributed by atoms with Crippen molar-refractivity contribution in [3.8, 4) is 0 Å². The minimum atomic E-state index is 0.612. The SMILES string of the molecule is Cc1nc(N(C)CC2CCCC2)sc1CN. The number of nitrogens with zero attached hydrogens (tertiary/aromatic N) is 2. The van der Waals surface area contributed by atoms with Crippen LogP contribution in [-0.2, 0) is 6.54 Å². The quantitative estimate of drug-likeness (QED) is 0.878. The van der Waals surface area contributed by atoms with E-state index in [1.165, 1.54) is 30.6 Å². The summed E-state index contributed by atoms with van der Waals surface area (Å²) in [6.45, 7) is 3.81. The van der Waals surface area contributed by atoms with Crippen molar-refractivity contribution < 1.29 is 0 Å². The van der Waals surface area contributed by atoms with Gasteiger partial charge >= 0.3 is 0 Å². The lowest BCUT2D eigenvalue weighted by Crippen LogP contribution is -2.23. The monoisotopic (exact) mass is 239 g/mol. The molecule has 90 valence electrons. The highest BCUT2D eigenvalue weighted by molar-refractivity contribution is 7.15. The van der Waals surface area contributed by atoms with Gasteiger partial charge in [-0.2, -0.15) is 0 Å². The van der Waals surface area contributed by atoms with Crippen LogP contribution in [-0.4, -0.2) is 18.6 Å². The van der Waals surface area contributed by atoms with Crippen LogP contribution in [0.25, 0.3) is 0 Å². The first-order valence-electron chi connectivity index (χ1n) is 6.08. The van der Waals surface area contributed by atoms with E-state index >= 15 is 0 Å². The van der Waals surface area contributed by atoms with Gasteiger partial charge in [0.1, 0.15) is 0 Å². The molecular formula is C12H21N3S. The number of hydrogen-bond acceptors (Lipinski definition) is 4. The van der Waals surface area contributed by atoms with Crippen molar-refractivity contribution in [2.45, 2.75) is 39.2 Å². The van der Waals surface area contributed by atoms with Crippen molar-refractivity contribution in [1.29, 1.82) is 0 Å². The largest absolute Gasteiger partial charge is 0.351 e. The molecule has 16 heavy (non-hydrogen) atoms. The van der Waals surface area contributed by atoms with Crippen molar-refractivity contribution in [3.63, 3.8) is 0 Å². The van der Waals surface area contributed by atoms with E-state index in [2.05, 4.69) is 16.9 Å². The summed E-state index contributed by atoms with van der Waals surface area (Å²) in [5, 5.41) is 1.13. The number of hydrogen-bond donors (Lipinski definition) is 1. The second-order valence-corrected chi connectivity index (χ2v) is 5.80. The Morgan fingerprint density at radius 1 is 1.44 bits per heavy atom. The van der Waals surface area contributed by atoms with Gasteiger partial charge in [-0.25, -0.2) is 4.98 Å². The highest BCUT2D eigenvalue weighted by Crippen LogP contribution is 2.29. The molecule has 0 saturated heterocycles. The third-order valence-electron chi connectivity index (χ3n) is 3.40. The Labute approximate surface area is 102 Å². The van der Waals surface area contributed by atoms with Crippen LogP contribution in [0.1, 0.15) is 36.3 Å². The smallest absolute Gasteiger partial charge is 0.185 e. The average Bonchev–Trinajstić information content (AvgIpc) is 2.87. The Bertz CT molecular complexity index is 342. The van der Waals surface area contributed by atoms with Gasteiger partial charge in [0, 0.05) is 25.0 Å². The summed E-state index contributed by atoms with van der Waals surface area (Å²) < 4.78 is 0. The molecule has 0 aromatic carbocycles. The minimum absolute atomic E-state index is 0.612. The van der Waals surface area contributed by atoms with E-state index in [1.807, 2.05) is 6.92 Å². The maximum absolute atomic E-state index is 5.68. The summed E-state index contributed by atoms with van der Waals surface area (Å²) in [6, 6.07) is 0. The van der Waals surface area contributed by atoms with Crippen LogP contribution in [0.4, 0.5) is 5.13 Å². The van der Waals surface area contributed by atoms with Crippen molar-refractivity contribution >= 4 is 16.5 Å². The fraction of sp³-hybridized carbons (Fsp3) is 0.750. The summed E-state index contributed by atoms with van der Waals surface area (Å²) in [4.78, 5) is 8.10. The van der Waals surface area contributed by atoms with Gasteiger partial charge in [-0.05, 0) is 25.7 Å². The van der Waals surface area contributed by atoms with Gasteiger partial charge < -0.3 is 10.6 Å². The molecule has 1 aromatic heterocycles. The van der Waals surface area contributed by atoms with Crippen LogP contribution in [0.15, 0.2) is 0 Å². The molecule has 0 unspecified atom stereocenters. The first-order chi connectivity index (χ1) is 7.70. The Hall–Kier alpha value is -0.610. The third-order valence-corrected chi connectivity index (χ3v) is 4.69. The zero-order valence-electron chi connectivity index (χ0n) is 10.2. The molecule has 0 spiro atoms. The molecule has 0 amide bonds. The van der Waals surface area contributed by atoms with E-state index in [1.54, 1.807) is 11.3 Å². The lowest BCUT2D eigenvalue weighted by Gasteiger charge is -2.19. The second-order valence-electron chi connectivity index (χ2n) is 4.74. The molecule has 0 aliphatic heterocycles. The molecule has 3 nitrogen and oxygen atoms in total. The van der Waals surface area contributed by atoms with Crippen molar-refractivity contribution in [2.24, 2.45) is 11.7 Å². The molecule has 1 heterocycles. The highest BCUT2D eigenvalue weighted by Gasteiger charge is 2.18. The first-order valence-corrected chi connectivity index (χ1v) is 6.90. The van der Waals surface area contributed by atoms with Crippen LogP contribution in [0.5, 0.6) is 0 Å². The predicted molar refractivity (Wildman–Crippen MR) is 70.0 cm³/mol. The topological polar surface area (TPSA) is 42.2 Å². The molecule has 4 heteroatoms. The zero-order chi connectivity index (χ0) is 11.5. The Morgan fingerprint density at radius 3 is 2.69 bits per heavy atom. The number of nitrogens with two attached hydrogens (primary N) is 1. The van der Waals surface area contributed by atoms with Crippen LogP contribution in [0.2, 0.25) is 0 Å². The van der Waals surface area contributed by atoms with E-state index in [4.69, 9.17) is 5.73 Å². The van der Waals surface area contributed by atoms with Crippen molar-refractivity contribution in [1.82, 2.24) is 4.98 Å². The molecule has 1 fully saturated rings. The van der Waals surface area contributed by atoms with E-state index in [-0.39, 0.29) is 0 Å². The van der Waals surface area contributed by atoms with Gasteiger partial charge in [0.15, 0.2) is 5.13 Å². The number of rotatable bonds is 4. The van der Waals surface area contributed by atoms with Crippen LogP contribution in [0.3, 0.4) is 0 Å². The van der Waals surface area contributed by atoms with Gasteiger partial charge in [-0.1, -0.05) is 12.8 Å². The molecule has 1 aliphatic rings. The second kappa shape index (κ2) is 5.15. The lowest BCUT2D eigenvalue weighted by atomic mass is 10.1. The van der Waals surface area contributed by atoms with Gasteiger partial charge in [0.05, 0.1) is 5.69 Å². The van der Waals surface area contributed by atoms with E-state index in [9.17, 15) is 0 Å². The summed E-state index contributed by atoms with van der Waals surface area (Å²) in [7, 11) is 2.15. The molecular weight excluding hydrogens is 218 g/mol. The fourth-order valence-electron chi connectivity index (χ4n) is 2.42. The lowest BCUT2D eigenvalue weighted by molar-refractivity contribution is 0.546. The number of aryl methyl sites for hydroxylation is 1. The van der Waals surface area contributed by atoms with Gasteiger partial charge in [0.25, 0.3) is 0 Å². The Kier molecular flexibility index (Phi) is 3.82. The van der Waals surface area contributed by atoms with E-state index in [0.717, 1.165) is 23.3 Å². The van der Waals surface area contributed by atoms with Crippen LogP contribution in [0, 0.1) is 12.8 Å². The maximum atomic E-state index is 5.68. The molecule has 2 N–H and O–H groups in total. The molecule has 2 rings (SSSR count). The van der Waals surface area contributed by atoms with Crippen LogP contribution < -0.4 is 10.6 Å². The number of aromatic nitrogens is 1. The molecule has 1 aliphatic carbocycles. The normalized spacial score (nSPS) is 16.9. The van der Waals surface area contributed by atoms with E-state index < -0.39 is 0 Å². The first kappa shape index (κ1) is 11.9. The number of anilines is 1. The number of thiazole rings is 1. The maximum Gasteiger partial charge on any atom is 0.185 e. The predicted octanol–water partition coefficient (Wildman–Crippen LogP) is 2.54.